The summed E-state index contributed by atoms with van der Waals surface area (Å²) in [6.07, 6.45) is 1.88. The summed E-state index contributed by atoms with van der Waals surface area (Å²) in [5.41, 5.74) is 4.82. The second-order valence-electron chi connectivity index (χ2n) is 6.14. The molecule has 24 heavy (non-hydrogen) atoms. The fourth-order valence-electron chi connectivity index (χ4n) is 3.27. The van der Waals surface area contributed by atoms with Gasteiger partial charge in [0.2, 0.25) is 0 Å². The minimum atomic E-state index is 0.307. The maximum absolute atomic E-state index is 4.70. The summed E-state index contributed by atoms with van der Waals surface area (Å²) in [7, 11) is 0. The number of fused-ring (bicyclic) bond motifs is 1. The third kappa shape index (κ3) is 2.69. The van der Waals surface area contributed by atoms with Gasteiger partial charge in [-0.15, -0.1) is 0 Å². The molecule has 116 valence electrons. The van der Waals surface area contributed by atoms with Crippen molar-refractivity contribution in [2.75, 3.05) is 0 Å². The molecule has 1 heterocycles. The van der Waals surface area contributed by atoms with Crippen LogP contribution < -0.4 is 0 Å². The molecule has 1 heteroatoms. The van der Waals surface area contributed by atoms with Crippen LogP contribution in [-0.4, -0.2) is 4.98 Å². The van der Waals surface area contributed by atoms with E-state index in [9.17, 15) is 0 Å². The van der Waals surface area contributed by atoms with Gasteiger partial charge in [-0.2, -0.15) is 0 Å². The third-order valence-electron chi connectivity index (χ3n) is 4.63. The number of nitrogens with zero attached hydrogens (tertiary/aromatic N) is 1. The molecule has 4 rings (SSSR count). The van der Waals surface area contributed by atoms with E-state index in [1.807, 2.05) is 12.3 Å². The first-order valence-electron chi connectivity index (χ1n) is 8.32. The van der Waals surface area contributed by atoms with Crippen LogP contribution >= 0.6 is 0 Å². The highest BCUT2D eigenvalue weighted by Gasteiger charge is 2.14. The zero-order chi connectivity index (χ0) is 16.4. The van der Waals surface area contributed by atoms with Gasteiger partial charge in [0.25, 0.3) is 0 Å². The van der Waals surface area contributed by atoms with E-state index < -0.39 is 0 Å². The average Bonchev–Trinajstić information content (AvgIpc) is 2.68. The molecule has 1 aromatic heterocycles. The zero-order valence-electron chi connectivity index (χ0n) is 13.7. The first-order chi connectivity index (χ1) is 11.8. The minimum absolute atomic E-state index is 0.307. The Morgan fingerprint density at radius 1 is 0.708 bits per heavy atom. The van der Waals surface area contributed by atoms with E-state index in [1.54, 1.807) is 0 Å². The predicted octanol–water partition coefficient (Wildman–Crippen LogP) is 6.05. The van der Waals surface area contributed by atoms with Gasteiger partial charge in [-0.3, -0.25) is 4.98 Å². The molecule has 0 spiro atoms. The molecule has 4 aromatic rings. The lowest BCUT2D eigenvalue weighted by atomic mass is 9.89. The van der Waals surface area contributed by atoms with Gasteiger partial charge in [0.1, 0.15) is 0 Å². The average molecular weight is 309 g/mol. The van der Waals surface area contributed by atoms with Crippen molar-refractivity contribution in [1.82, 2.24) is 4.98 Å². The molecule has 0 amide bonds. The summed E-state index contributed by atoms with van der Waals surface area (Å²) in [4.78, 5) is 4.70. The van der Waals surface area contributed by atoms with Crippen molar-refractivity contribution < 1.29 is 0 Å². The van der Waals surface area contributed by atoms with Crippen molar-refractivity contribution in [3.63, 3.8) is 0 Å². The Labute approximate surface area is 142 Å². The van der Waals surface area contributed by atoms with Gasteiger partial charge in [-0.25, -0.2) is 0 Å². The van der Waals surface area contributed by atoms with Crippen LogP contribution in [-0.2, 0) is 0 Å². The first-order valence-corrected chi connectivity index (χ1v) is 8.32. The van der Waals surface area contributed by atoms with Crippen LogP contribution in [0.4, 0.5) is 0 Å². The number of aromatic nitrogens is 1. The standard InChI is InChI=1S/C23H19N/c1-17(18-8-3-2-4-9-18)22-12-7-15-24-23(22)21-14-13-19-10-5-6-11-20(19)16-21/h2-17H,1H3. The number of benzene rings is 3. The van der Waals surface area contributed by atoms with E-state index in [1.165, 1.54) is 27.5 Å². The van der Waals surface area contributed by atoms with Gasteiger partial charge in [0.15, 0.2) is 0 Å². The Balaban J connectivity index is 1.83. The van der Waals surface area contributed by atoms with E-state index >= 15 is 0 Å². The largest absolute Gasteiger partial charge is 0.256 e. The van der Waals surface area contributed by atoms with Crippen molar-refractivity contribution in [2.24, 2.45) is 0 Å². The maximum atomic E-state index is 4.70. The van der Waals surface area contributed by atoms with Crippen LogP contribution in [0.3, 0.4) is 0 Å². The van der Waals surface area contributed by atoms with Crippen molar-refractivity contribution in [2.45, 2.75) is 12.8 Å². The number of pyridine rings is 1. The van der Waals surface area contributed by atoms with Gasteiger partial charge in [0, 0.05) is 17.7 Å². The predicted molar refractivity (Wildman–Crippen MR) is 101 cm³/mol. The van der Waals surface area contributed by atoms with E-state index in [0.29, 0.717) is 5.92 Å². The second kappa shape index (κ2) is 6.29. The van der Waals surface area contributed by atoms with E-state index in [-0.39, 0.29) is 0 Å². The topological polar surface area (TPSA) is 12.9 Å². The molecule has 0 N–H and O–H groups in total. The van der Waals surface area contributed by atoms with Crippen molar-refractivity contribution in [3.05, 3.63) is 102 Å². The van der Waals surface area contributed by atoms with Gasteiger partial charge in [-0.05, 0) is 34.0 Å². The summed E-state index contributed by atoms with van der Waals surface area (Å²) in [6.45, 7) is 2.25. The van der Waals surface area contributed by atoms with Crippen LogP contribution in [0.5, 0.6) is 0 Å². The molecule has 0 aliphatic carbocycles. The number of rotatable bonds is 3. The Morgan fingerprint density at radius 3 is 2.29 bits per heavy atom. The molecule has 0 radical (unpaired) electrons. The molecule has 1 nitrogen and oxygen atoms in total. The number of hydrogen-bond acceptors (Lipinski definition) is 1. The molecule has 0 saturated heterocycles. The monoisotopic (exact) mass is 309 g/mol. The summed E-state index contributed by atoms with van der Waals surface area (Å²) in [6, 6.07) is 29.9. The van der Waals surface area contributed by atoms with E-state index in [2.05, 4.69) is 85.8 Å². The van der Waals surface area contributed by atoms with Crippen molar-refractivity contribution in [3.8, 4) is 11.3 Å². The Kier molecular flexibility index (Phi) is 3.84. The summed E-state index contributed by atoms with van der Waals surface area (Å²) >= 11 is 0. The van der Waals surface area contributed by atoms with Gasteiger partial charge < -0.3 is 0 Å². The van der Waals surface area contributed by atoms with Gasteiger partial charge >= 0.3 is 0 Å². The van der Waals surface area contributed by atoms with Gasteiger partial charge in [0.05, 0.1) is 5.69 Å². The molecular formula is C23H19N. The lowest BCUT2D eigenvalue weighted by molar-refractivity contribution is 0.915. The maximum Gasteiger partial charge on any atom is 0.0740 e. The lowest BCUT2D eigenvalue weighted by Crippen LogP contribution is -2.00. The minimum Gasteiger partial charge on any atom is -0.256 e. The smallest absolute Gasteiger partial charge is 0.0740 e. The highest BCUT2D eigenvalue weighted by atomic mass is 14.7. The van der Waals surface area contributed by atoms with Crippen LogP contribution in [0.25, 0.3) is 22.0 Å². The SMILES string of the molecule is CC(c1ccccc1)c1cccnc1-c1ccc2ccccc2c1. The molecule has 1 unspecified atom stereocenters. The van der Waals surface area contributed by atoms with Crippen LogP contribution in [0.2, 0.25) is 0 Å². The third-order valence-corrected chi connectivity index (χ3v) is 4.63. The second-order valence-corrected chi connectivity index (χ2v) is 6.14. The fraction of sp³-hybridized carbons (Fsp3) is 0.0870. The Morgan fingerprint density at radius 2 is 1.46 bits per heavy atom. The Bertz CT molecular complexity index is 973. The Hall–Kier alpha value is -2.93. The zero-order valence-corrected chi connectivity index (χ0v) is 13.7. The van der Waals surface area contributed by atoms with Crippen LogP contribution in [0, 0.1) is 0 Å². The van der Waals surface area contributed by atoms with Crippen LogP contribution in [0.1, 0.15) is 24.0 Å². The number of hydrogen-bond donors (Lipinski definition) is 0. The molecule has 0 fully saturated rings. The fourth-order valence-corrected chi connectivity index (χ4v) is 3.27. The molecule has 0 aliphatic rings. The molecule has 0 saturated carbocycles. The highest BCUT2D eigenvalue weighted by molar-refractivity contribution is 5.87. The molecule has 3 aromatic carbocycles. The van der Waals surface area contributed by atoms with Gasteiger partial charge in [-0.1, -0.05) is 79.7 Å². The van der Waals surface area contributed by atoms with E-state index in [4.69, 9.17) is 4.98 Å². The quantitative estimate of drug-likeness (QED) is 0.448. The molecular weight excluding hydrogens is 290 g/mol. The molecule has 1 atom stereocenters. The molecule has 0 aliphatic heterocycles. The van der Waals surface area contributed by atoms with Crippen molar-refractivity contribution >= 4 is 10.8 Å². The van der Waals surface area contributed by atoms with Crippen molar-refractivity contribution in [1.29, 1.82) is 0 Å². The summed E-state index contributed by atoms with van der Waals surface area (Å²) in [5.74, 6) is 0.307. The van der Waals surface area contributed by atoms with E-state index in [0.717, 1.165) is 5.69 Å². The van der Waals surface area contributed by atoms with Crippen LogP contribution in [0.15, 0.2) is 91.1 Å². The highest BCUT2D eigenvalue weighted by Crippen LogP contribution is 2.32. The summed E-state index contributed by atoms with van der Waals surface area (Å²) in [5, 5.41) is 2.51. The summed E-state index contributed by atoms with van der Waals surface area (Å²) < 4.78 is 0. The normalized spacial score (nSPS) is 12.2. The lowest BCUT2D eigenvalue weighted by Gasteiger charge is -2.16. The molecule has 0 bridgehead atoms. The first kappa shape index (κ1) is 14.6.